The summed E-state index contributed by atoms with van der Waals surface area (Å²) in [6.45, 7) is 0. The van der Waals surface area contributed by atoms with Gasteiger partial charge in [0.2, 0.25) is 0 Å². The Balaban J connectivity index is 2.63. The monoisotopic (exact) mass is 306 g/mol. The first kappa shape index (κ1) is 9.57. The summed E-state index contributed by atoms with van der Waals surface area (Å²) < 4.78 is 27.0. The van der Waals surface area contributed by atoms with Gasteiger partial charge in [0.25, 0.3) is 0 Å². The van der Waals surface area contributed by atoms with Gasteiger partial charge in [0.15, 0.2) is 11.6 Å². The normalized spacial score (nSPS) is 10.5. The van der Waals surface area contributed by atoms with E-state index in [1.807, 2.05) is 22.6 Å². The highest BCUT2D eigenvalue weighted by Gasteiger charge is 2.13. The lowest BCUT2D eigenvalue weighted by Gasteiger charge is -2.01. The van der Waals surface area contributed by atoms with Gasteiger partial charge in [-0.25, -0.2) is 8.78 Å². The molecule has 0 unspecified atom stereocenters. The van der Waals surface area contributed by atoms with Crippen molar-refractivity contribution in [2.24, 2.45) is 0 Å². The first-order valence-corrected chi connectivity index (χ1v) is 4.91. The molecule has 0 aliphatic heterocycles. The SMILES string of the molecule is Fc1cccc(-c2[nH]ncc2I)c1F. The molecule has 5 heteroatoms. The van der Waals surface area contributed by atoms with Crippen molar-refractivity contribution in [3.63, 3.8) is 0 Å². The van der Waals surface area contributed by atoms with Crippen LogP contribution in [-0.4, -0.2) is 10.2 Å². The summed E-state index contributed by atoms with van der Waals surface area (Å²) in [5.74, 6) is -1.71. The van der Waals surface area contributed by atoms with E-state index in [-0.39, 0.29) is 5.56 Å². The Morgan fingerprint density at radius 3 is 2.71 bits per heavy atom. The number of aromatic amines is 1. The second kappa shape index (κ2) is 3.64. The molecule has 2 nitrogen and oxygen atoms in total. The van der Waals surface area contributed by atoms with Crippen LogP contribution in [0.25, 0.3) is 11.3 Å². The molecule has 0 aliphatic rings. The fraction of sp³-hybridized carbons (Fsp3) is 0. The van der Waals surface area contributed by atoms with Gasteiger partial charge in [-0.3, -0.25) is 5.10 Å². The molecule has 0 radical (unpaired) electrons. The highest BCUT2D eigenvalue weighted by molar-refractivity contribution is 14.1. The van der Waals surface area contributed by atoms with E-state index in [0.717, 1.165) is 9.64 Å². The van der Waals surface area contributed by atoms with Gasteiger partial charge in [0, 0.05) is 5.56 Å². The van der Waals surface area contributed by atoms with Crippen molar-refractivity contribution in [3.05, 3.63) is 39.6 Å². The molecule has 0 saturated heterocycles. The standard InChI is InChI=1S/C9H5F2IN2/c10-6-3-1-2-5(8(6)11)9-7(12)4-13-14-9/h1-4H,(H,13,14). The second-order valence-electron chi connectivity index (χ2n) is 2.69. The number of halogens is 3. The summed E-state index contributed by atoms with van der Waals surface area (Å²) in [5, 5.41) is 6.37. The van der Waals surface area contributed by atoms with Gasteiger partial charge in [0.05, 0.1) is 15.5 Å². The zero-order valence-corrected chi connectivity index (χ0v) is 9.05. The van der Waals surface area contributed by atoms with E-state index in [0.29, 0.717) is 5.69 Å². The van der Waals surface area contributed by atoms with Crippen LogP contribution >= 0.6 is 22.6 Å². The Hall–Kier alpha value is -0.980. The summed E-state index contributed by atoms with van der Waals surface area (Å²) in [5.41, 5.74) is 0.703. The fourth-order valence-electron chi connectivity index (χ4n) is 1.16. The molecule has 2 aromatic rings. The van der Waals surface area contributed by atoms with Gasteiger partial charge in [-0.05, 0) is 34.7 Å². The van der Waals surface area contributed by atoms with Crippen LogP contribution in [0.2, 0.25) is 0 Å². The van der Waals surface area contributed by atoms with Gasteiger partial charge in [-0.2, -0.15) is 5.10 Å². The second-order valence-corrected chi connectivity index (χ2v) is 3.86. The molecule has 0 saturated carbocycles. The van der Waals surface area contributed by atoms with Crippen LogP contribution in [0.5, 0.6) is 0 Å². The number of rotatable bonds is 1. The van der Waals surface area contributed by atoms with Gasteiger partial charge in [-0.1, -0.05) is 6.07 Å². The fourth-order valence-corrected chi connectivity index (χ4v) is 1.71. The molecule has 1 N–H and O–H groups in total. The van der Waals surface area contributed by atoms with Crippen LogP contribution in [0.15, 0.2) is 24.4 Å². The molecule has 1 heterocycles. The Bertz CT molecular complexity index is 468. The molecule has 0 bridgehead atoms. The van der Waals surface area contributed by atoms with Gasteiger partial charge in [-0.15, -0.1) is 0 Å². The van der Waals surface area contributed by atoms with Crippen molar-refractivity contribution in [1.29, 1.82) is 0 Å². The number of hydrogen-bond acceptors (Lipinski definition) is 1. The van der Waals surface area contributed by atoms with Crippen LogP contribution in [0, 0.1) is 15.2 Å². The van der Waals surface area contributed by atoms with Crippen LogP contribution in [-0.2, 0) is 0 Å². The van der Waals surface area contributed by atoms with Crippen LogP contribution < -0.4 is 0 Å². The molecule has 0 amide bonds. The Morgan fingerprint density at radius 2 is 2.07 bits per heavy atom. The molecule has 0 spiro atoms. The number of nitrogens with zero attached hydrogens (tertiary/aromatic N) is 1. The van der Waals surface area contributed by atoms with E-state index in [2.05, 4.69) is 10.2 Å². The summed E-state index contributed by atoms with van der Waals surface area (Å²) >= 11 is 2.00. The Labute approximate surface area is 92.5 Å². The number of H-pyrrole nitrogens is 1. The third kappa shape index (κ3) is 1.52. The maximum atomic E-state index is 13.3. The van der Waals surface area contributed by atoms with E-state index in [1.165, 1.54) is 12.1 Å². The smallest absolute Gasteiger partial charge is 0.168 e. The van der Waals surface area contributed by atoms with Crippen LogP contribution in [0.3, 0.4) is 0 Å². The van der Waals surface area contributed by atoms with Crippen molar-refractivity contribution >= 4 is 22.6 Å². The van der Waals surface area contributed by atoms with E-state index in [9.17, 15) is 8.78 Å². The maximum Gasteiger partial charge on any atom is 0.168 e. The molecule has 1 aromatic heterocycles. The molecule has 0 aliphatic carbocycles. The minimum Gasteiger partial charge on any atom is -0.277 e. The topological polar surface area (TPSA) is 28.7 Å². The van der Waals surface area contributed by atoms with E-state index in [1.54, 1.807) is 6.20 Å². The van der Waals surface area contributed by atoms with Crippen molar-refractivity contribution in [3.8, 4) is 11.3 Å². The van der Waals surface area contributed by atoms with Crippen molar-refractivity contribution in [2.45, 2.75) is 0 Å². The summed E-state index contributed by atoms with van der Waals surface area (Å²) in [7, 11) is 0. The molecule has 0 atom stereocenters. The van der Waals surface area contributed by atoms with Gasteiger partial charge in [0.1, 0.15) is 0 Å². The molecular formula is C9H5F2IN2. The highest BCUT2D eigenvalue weighted by Crippen LogP contribution is 2.26. The number of nitrogens with one attached hydrogen (secondary N) is 1. The van der Waals surface area contributed by atoms with Crippen molar-refractivity contribution in [2.75, 3.05) is 0 Å². The quantitative estimate of drug-likeness (QED) is 0.806. The van der Waals surface area contributed by atoms with Crippen molar-refractivity contribution in [1.82, 2.24) is 10.2 Å². The zero-order valence-electron chi connectivity index (χ0n) is 6.89. The van der Waals surface area contributed by atoms with E-state index < -0.39 is 11.6 Å². The lowest BCUT2D eigenvalue weighted by atomic mass is 10.1. The molecule has 14 heavy (non-hydrogen) atoms. The molecule has 0 fully saturated rings. The summed E-state index contributed by atoms with van der Waals surface area (Å²) in [4.78, 5) is 0. The lowest BCUT2D eigenvalue weighted by molar-refractivity contribution is 0.511. The molecule has 2 rings (SSSR count). The average Bonchev–Trinajstić information content (AvgIpc) is 2.57. The van der Waals surface area contributed by atoms with Gasteiger partial charge >= 0.3 is 0 Å². The van der Waals surface area contributed by atoms with Gasteiger partial charge < -0.3 is 0 Å². The maximum absolute atomic E-state index is 13.3. The minimum atomic E-state index is -0.854. The summed E-state index contributed by atoms with van der Waals surface area (Å²) in [6, 6.07) is 4.06. The third-order valence-electron chi connectivity index (χ3n) is 1.81. The first-order valence-electron chi connectivity index (χ1n) is 3.83. The highest BCUT2D eigenvalue weighted by atomic mass is 127. The first-order chi connectivity index (χ1) is 6.70. The van der Waals surface area contributed by atoms with E-state index >= 15 is 0 Å². The number of hydrogen-bond donors (Lipinski definition) is 1. The summed E-state index contributed by atoms with van der Waals surface area (Å²) in [6.07, 6.45) is 1.56. The Morgan fingerprint density at radius 1 is 1.29 bits per heavy atom. The number of aromatic nitrogens is 2. The van der Waals surface area contributed by atoms with Crippen LogP contribution in [0.4, 0.5) is 8.78 Å². The predicted octanol–water partition coefficient (Wildman–Crippen LogP) is 2.96. The largest absolute Gasteiger partial charge is 0.277 e. The molecule has 72 valence electrons. The third-order valence-corrected chi connectivity index (χ3v) is 2.63. The molecule has 1 aromatic carbocycles. The zero-order chi connectivity index (χ0) is 10.1. The predicted molar refractivity (Wildman–Crippen MR) is 56.7 cm³/mol. The van der Waals surface area contributed by atoms with Crippen LogP contribution in [0.1, 0.15) is 0 Å². The Kier molecular flexibility index (Phi) is 2.49. The molecular weight excluding hydrogens is 301 g/mol. The minimum absolute atomic E-state index is 0.201. The van der Waals surface area contributed by atoms with E-state index in [4.69, 9.17) is 0 Å². The number of benzene rings is 1. The lowest BCUT2D eigenvalue weighted by Crippen LogP contribution is -1.90. The average molecular weight is 306 g/mol. The van der Waals surface area contributed by atoms with Crippen molar-refractivity contribution < 1.29 is 8.78 Å².